The molecule has 0 unspecified atom stereocenters. The standard InChI is InChI=1S/C26H32N10O5/c1-34-32-23(31-33-34)21-20(40-15-38)19(39)25(41-21)36-13-27-18-22(28-17-9-5-6-10-17)29-26(30-24(18)36)35(14-37)12-11-16-7-3-2-4-8-16/h2-4,7-8,13,15,17,19-21,25,37,39H,5-6,9-12,14H2,1H3,(H,28,29,30)/t19-,20+,21+,25-/m1/s1. The summed E-state index contributed by atoms with van der Waals surface area (Å²) in [6.07, 6.45) is 2.10. The zero-order valence-corrected chi connectivity index (χ0v) is 22.5. The fourth-order valence-corrected chi connectivity index (χ4v) is 5.46. The normalized spacial score (nSPS) is 22.8. The van der Waals surface area contributed by atoms with Crippen LogP contribution in [0.3, 0.4) is 0 Å². The number of hydrogen-bond acceptors (Lipinski definition) is 13. The molecule has 6 rings (SSSR count). The average molecular weight is 565 g/mol. The lowest BCUT2D eigenvalue weighted by Crippen LogP contribution is -2.32. The minimum atomic E-state index is -1.29. The van der Waals surface area contributed by atoms with Gasteiger partial charge in [-0.1, -0.05) is 43.2 Å². The number of anilines is 2. The third kappa shape index (κ3) is 5.42. The van der Waals surface area contributed by atoms with Gasteiger partial charge in [0.2, 0.25) is 11.8 Å². The highest BCUT2D eigenvalue weighted by Gasteiger charge is 2.49. The molecule has 2 fully saturated rings. The van der Waals surface area contributed by atoms with Crippen LogP contribution in [0.1, 0.15) is 49.4 Å². The molecule has 1 aliphatic carbocycles. The van der Waals surface area contributed by atoms with Gasteiger partial charge < -0.3 is 29.9 Å². The topological polar surface area (TPSA) is 178 Å². The van der Waals surface area contributed by atoms with E-state index in [0.29, 0.717) is 35.9 Å². The molecule has 0 spiro atoms. The highest BCUT2D eigenvalue weighted by molar-refractivity contribution is 5.84. The van der Waals surface area contributed by atoms with Gasteiger partial charge in [-0.25, -0.2) is 4.98 Å². The molecule has 2 aliphatic rings. The Bertz CT molecular complexity index is 1470. The Hall–Kier alpha value is -4.21. The van der Waals surface area contributed by atoms with Crippen molar-refractivity contribution in [3.63, 3.8) is 0 Å². The molecule has 0 amide bonds. The Balaban J connectivity index is 1.37. The molecule has 15 heteroatoms. The summed E-state index contributed by atoms with van der Waals surface area (Å²) in [7, 11) is 1.60. The van der Waals surface area contributed by atoms with Gasteiger partial charge in [0.1, 0.15) is 12.8 Å². The summed E-state index contributed by atoms with van der Waals surface area (Å²) < 4.78 is 12.9. The number of aliphatic hydroxyl groups excluding tert-OH is 2. The molecular formula is C26H32N10O5. The molecule has 1 aliphatic heterocycles. The van der Waals surface area contributed by atoms with Gasteiger partial charge in [-0.3, -0.25) is 9.36 Å². The predicted molar refractivity (Wildman–Crippen MR) is 144 cm³/mol. The van der Waals surface area contributed by atoms with Crippen LogP contribution in [0.4, 0.5) is 11.8 Å². The average Bonchev–Trinajstić information content (AvgIpc) is 3.79. The maximum atomic E-state index is 11.3. The summed E-state index contributed by atoms with van der Waals surface area (Å²) in [6, 6.07) is 10.2. The fraction of sp³-hybridized carbons (Fsp3) is 0.500. The lowest BCUT2D eigenvalue weighted by Gasteiger charge is -2.22. The maximum Gasteiger partial charge on any atom is 0.293 e. The molecule has 3 N–H and O–H groups in total. The van der Waals surface area contributed by atoms with Crippen molar-refractivity contribution in [1.29, 1.82) is 0 Å². The quantitative estimate of drug-likeness (QED) is 0.173. The minimum Gasteiger partial charge on any atom is -0.458 e. The third-order valence-electron chi connectivity index (χ3n) is 7.55. The van der Waals surface area contributed by atoms with E-state index in [-0.39, 0.29) is 25.1 Å². The zero-order chi connectivity index (χ0) is 28.3. The van der Waals surface area contributed by atoms with Crippen molar-refractivity contribution in [2.75, 3.05) is 23.5 Å². The number of carbonyl (C=O) groups is 1. The van der Waals surface area contributed by atoms with Gasteiger partial charge in [0, 0.05) is 12.6 Å². The molecule has 4 heterocycles. The van der Waals surface area contributed by atoms with Gasteiger partial charge >= 0.3 is 0 Å². The van der Waals surface area contributed by atoms with Gasteiger partial charge in [0.15, 0.2) is 35.4 Å². The molecule has 41 heavy (non-hydrogen) atoms. The number of hydrogen-bond donors (Lipinski definition) is 3. The van der Waals surface area contributed by atoms with Crippen molar-refractivity contribution < 1.29 is 24.5 Å². The van der Waals surface area contributed by atoms with Crippen LogP contribution in [-0.4, -0.2) is 87.9 Å². The van der Waals surface area contributed by atoms with Crippen molar-refractivity contribution in [1.82, 2.24) is 39.7 Å². The first kappa shape index (κ1) is 27.0. The number of imidazole rings is 1. The number of rotatable bonds is 11. The number of nitrogens with zero attached hydrogens (tertiary/aromatic N) is 9. The largest absolute Gasteiger partial charge is 0.458 e. The van der Waals surface area contributed by atoms with E-state index in [4.69, 9.17) is 19.4 Å². The summed E-state index contributed by atoms with van der Waals surface area (Å²) in [5.41, 5.74) is 2.00. The molecule has 4 aromatic rings. The first-order valence-electron chi connectivity index (χ1n) is 13.6. The van der Waals surface area contributed by atoms with Crippen LogP contribution in [0.5, 0.6) is 0 Å². The Kier molecular flexibility index (Phi) is 7.71. The molecule has 0 radical (unpaired) electrons. The summed E-state index contributed by atoms with van der Waals surface area (Å²) in [4.78, 5) is 28.4. The highest BCUT2D eigenvalue weighted by atomic mass is 16.6. The van der Waals surface area contributed by atoms with E-state index >= 15 is 0 Å². The van der Waals surface area contributed by atoms with Gasteiger partial charge in [-0.15, -0.1) is 10.2 Å². The number of aliphatic hydroxyl groups is 2. The summed E-state index contributed by atoms with van der Waals surface area (Å²) in [6.45, 7) is 0.430. The number of benzene rings is 1. The number of aromatic nitrogens is 8. The predicted octanol–water partition coefficient (Wildman–Crippen LogP) is 0.876. The maximum absolute atomic E-state index is 11.3. The van der Waals surface area contributed by atoms with Crippen molar-refractivity contribution >= 4 is 29.4 Å². The first-order valence-corrected chi connectivity index (χ1v) is 13.6. The van der Waals surface area contributed by atoms with E-state index in [9.17, 15) is 15.0 Å². The van der Waals surface area contributed by atoms with Gasteiger partial charge in [0.25, 0.3) is 6.47 Å². The van der Waals surface area contributed by atoms with E-state index in [2.05, 4.69) is 25.7 Å². The number of ether oxygens (including phenoxy) is 2. The molecular weight excluding hydrogens is 532 g/mol. The van der Waals surface area contributed by atoms with Crippen molar-refractivity contribution in [2.24, 2.45) is 7.05 Å². The molecule has 3 aromatic heterocycles. The van der Waals surface area contributed by atoms with Crippen molar-refractivity contribution in [2.45, 2.75) is 62.7 Å². The second kappa shape index (κ2) is 11.7. The summed E-state index contributed by atoms with van der Waals surface area (Å²) in [5.74, 6) is 1.00. The van der Waals surface area contributed by atoms with E-state index in [0.717, 1.165) is 31.2 Å². The molecule has 15 nitrogen and oxygen atoms in total. The smallest absolute Gasteiger partial charge is 0.293 e. The van der Waals surface area contributed by atoms with E-state index in [1.54, 1.807) is 16.5 Å². The lowest BCUT2D eigenvalue weighted by atomic mass is 10.1. The molecule has 1 saturated carbocycles. The number of aryl methyl sites for hydroxylation is 1. The monoisotopic (exact) mass is 564 g/mol. The SMILES string of the molecule is Cn1nnc([C@H]2O[C@@H](n3cnc4c(NC5CCCC5)nc(N(CO)CCc5ccccc5)nc43)[C@H](O)[C@@H]2OC=O)n1. The second-order valence-corrected chi connectivity index (χ2v) is 10.2. The van der Waals surface area contributed by atoms with E-state index < -0.39 is 24.5 Å². The fourth-order valence-electron chi connectivity index (χ4n) is 5.46. The Morgan fingerprint density at radius 2 is 2.02 bits per heavy atom. The molecule has 1 aromatic carbocycles. The van der Waals surface area contributed by atoms with Gasteiger partial charge in [-0.2, -0.15) is 14.8 Å². The van der Waals surface area contributed by atoms with Crippen LogP contribution in [0.25, 0.3) is 11.2 Å². The van der Waals surface area contributed by atoms with Crippen LogP contribution in [0, 0.1) is 0 Å². The zero-order valence-electron chi connectivity index (χ0n) is 22.5. The number of tetrazole rings is 1. The third-order valence-corrected chi connectivity index (χ3v) is 7.55. The molecule has 1 saturated heterocycles. The minimum absolute atomic E-state index is 0.164. The highest BCUT2D eigenvalue weighted by Crippen LogP contribution is 2.40. The van der Waals surface area contributed by atoms with Crippen LogP contribution < -0.4 is 10.2 Å². The number of carbonyl (C=O) groups excluding carboxylic acids is 1. The van der Waals surface area contributed by atoms with Crippen LogP contribution >= 0.6 is 0 Å². The van der Waals surface area contributed by atoms with Crippen LogP contribution in [0.2, 0.25) is 0 Å². The van der Waals surface area contributed by atoms with Gasteiger partial charge in [-0.05, 0) is 30.0 Å². The van der Waals surface area contributed by atoms with Crippen LogP contribution in [0.15, 0.2) is 36.7 Å². The molecule has 216 valence electrons. The van der Waals surface area contributed by atoms with Gasteiger partial charge in [0.05, 0.1) is 13.4 Å². The summed E-state index contributed by atoms with van der Waals surface area (Å²) in [5, 5.41) is 37.0. The Morgan fingerprint density at radius 3 is 2.73 bits per heavy atom. The number of fused-ring (bicyclic) bond motifs is 1. The Labute approximate surface area is 235 Å². The van der Waals surface area contributed by atoms with Crippen molar-refractivity contribution in [3.05, 3.63) is 48.0 Å². The van der Waals surface area contributed by atoms with Crippen molar-refractivity contribution in [3.8, 4) is 0 Å². The Morgan fingerprint density at radius 1 is 1.22 bits per heavy atom. The molecule has 4 atom stereocenters. The second-order valence-electron chi connectivity index (χ2n) is 10.2. The summed E-state index contributed by atoms with van der Waals surface area (Å²) >= 11 is 0. The number of nitrogens with one attached hydrogen (secondary N) is 1. The lowest BCUT2D eigenvalue weighted by molar-refractivity contribution is -0.140. The first-order chi connectivity index (χ1) is 20.1. The van der Waals surface area contributed by atoms with Crippen LogP contribution in [-0.2, 0) is 27.7 Å². The van der Waals surface area contributed by atoms with E-state index in [1.165, 1.54) is 11.1 Å². The van der Waals surface area contributed by atoms with E-state index in [1.807, 2.05) is 30.3 Å². The molecule has 0 bridgehead atoms.